The molecule has 138 heavy (non-hydrogen) atoms. The third-order valence-corrected chi connectivity index (χ3v) is 26.3. The highest BCUT2D eigenvalue weighted by Gasteiger charge is 2.39. The van der Waals surface area contributed by atoms with E-state index in [2.05, 4.69) is 51.4 Å². The van der Waals surface area contributed by atoms with E-state index in [0.29, 0.717) is 84.0 Å². The van der Waals surface area contributed by atoms with Crippen LogP contribution in [0.1, 0.15) is 131 Å². The van der Waals surface area contributed by atoms with Gasteiger partial charge in [0.15, 0.2) is 122 Å². The number of para-hydroxylation sites is 5. The number of carbonyl (C=O) groups excluding carboxylic acids is 5. The van der Waals surface area contributed by atoms with Gasteiger partial charge in [0, 0.05) is 118 Å². The van der Waals surface area contributed by atoms with Gasteiger partial charge in [0.05, 0.1) is 52.2 Å². The molecule has 0 saturated heterocycles. The molecule has 29 nitrogen and oxygen atoms in total. The van der Waals surface area contributed by atoms with Crippen LogP contribution in [0.4, 0.5) is 48.7 Å². The third-order valence-electron chi connectivity index (χ3n) is 21.5. The maximum Gasteiger partial charge on any atom is 0.272 e. The molecule has 0 spiro atoms. The number of ether oxygens (including phenoxy) is 10. The minimum absolute atomic E-state index is 0.0767. The van der Waals surface area contributed by atoms with Crippen molar-refractivity contribution < 1.29 is 71.3 Å². The summed E-state index contributed by atoms with van der Waals surface area (Å²) in [7, 11) is 0. The Kier molecular flexibility index (Phi) is 30.5. The van der Waals surface area contributed by atoms with Gasteiger partial charge < -0.3 is 47.4 Å². The topological polar surface area (TPSA) is 310 Å². The highest BCUT2D eigenvalue weighted by atomic mass is 32.1. The Morgan fingerprint density at radius 2 is 0.652 bits per heavy atom. The lowest BCUT2D eigenvalue weighted by atomic mass is 10.0. The molecule has 0 aliphatic carbocycles. The van der Waals surface area contributed by atoms with Gasteiger partial charge in [0.2, 0.25) is 0 Å². The highest BCUT2D eigenvalue weighted by Crippen LogP contribution is 2.48. The largest absolute Gasteiger partial charge is 0.483 e. The van der Waals surface area contributed by atoms with Crippen molar-refractivity contribution in [2.75, 3.05) is 64.1 Å². The summed E-state index contributed by atoms with van der Waals surface area (Å²) in [6, 6.07) is 45.8. The minimum Gasteiger partial charge on any atom is -0.483 e. The molecule has 0 fully saturated rings. The quantitative estimate of drug-likeness (QED) is 0.0455. The van der Waals surface area contributed by atoms with Crippen LogP contribution < -0.4 is 71.9 Å². The minimum atomic E-state index is -0.287. The van der Waals surface area contributed by atoms with E-state index in [1.54, 1.807) is 57.7 Å². The van der Waals surface area contributed by atoms with Crippen molar-refractivity contribution in [3.8, 4) is 57.5 Å². The van der Waals surface area contributed by atoms with Gasteiger partial charge in [-0.1, -0.05) is 90.5 Å². The van der Waals surface area contributed by atoms with Crippen LogP contribution in [0.5, 0.6) is 57.5 Å². The van der Waals surface area contributed by atoms with Gasteiger partial charge in [0.25, 0.3) is 29.5 Å². The first-order valence-corrected chi connectivity index (χ1v) is 49.1. The molecule has 0 radical (unpaired) electrons. The van der Waals surface area contributed by atoms with E-state index in [-0.39, 0.29) is 90.6 Å². The smallest absolute Gasteiger partial charge is 0.272 e. The summed E-state index contributed by atoms with van der Waals surface area (Å²) in [5.74, 6) is 6.35. The van der Waals surface area contributed by atoms with Crippen LogP contribution in [-0.2, 0) is 56.1 Å². The summed E-state index contributed by atoms with van der Waals surface area (Å²) in [6.45, 7) is 35.4. The molecule has 34 heteroatoms. The zero-order chi connectivity index (χ0) is 97.8. The first-order chi connectivity index (χ1) is 66.0. The van der Waals surface area contributed by atoms with E-state index >= 15 is 0 Å². The average molecular weight is 1950 g/mol. The van der Waals surface area contributed by atoms with E-state index in [0.717, 1.165) is 123 Å². The van der Waals surface area contributed by atoms with Crippen LogP contribution in [0.15, 0.2) is 222 Å². The van der Waals surface area contributed by atoms with Gasteiger partial charge in [-0.05, 0) is 178 Å². The lowest BCUT2D eigenvalue weighted by Crippen LogP contribution is -2.35. The predicted octanol–water partition coefficient (Wildman–Crippen LogP) is 21.3. The maximum absolute atomic E-state index is 13.2. The molecule has 13 heterocycles. The number of amides is 5. The number of carbonyl (C=O) groups is 5. The second kappa shape index (κ2) is 42.7. The predicted molar refractivity (Wildman–Crippen MR) is 539 cm³/mol. The van der Waals surface area contributed by atoms with Crippen molar-refractivity contribution in [3.63, 3.8) is 0 Å². The van der Waals surface area contributed by atoms with Crippen molar-refractivity contribution >= 4 is 135 Å². The second-order valence-electron chi connectivity index (χ2n) is 36.2. The monoisotopic (exact) mass is 1950 g/mol. The highest BCUT2D eigenvalue weighted by molar-refractivity contribution is 7.15. The van der Waals surface area contributed by atoms with Crippen LogP contribution in [-0.4, -0.2) is 142 Å². The van der Waals surface area contributed by atoms with Crippen molar-refractivity contribution in [2.24, 2.45) is 0 Å². The molecule has 0 atom stereocenters. The molecular weight excluding hydrogens is 1850 g/mol. The lowest BCUT2D eigenvalue weighted by molar-refractivity contribution is -0.121. The first kappa shape index (κ1) is 98.5. The van der Waals surface area contributed by atoms with Gasteiger partial charge in [-0.2, -0.15) is 0 Å². The average Bonchev–Trinajstić information content (AvgIpc) is 1.66. The zero-order valence-electron chi connectivity index (χ0n) is 79.7. The number of aryl methyl sites for hydroxylation is 6. The fourth-order valence-electron chi connectivity index (χ4n) is 15.7. The van der Waals surface area contributed by atoms with Crippen molar-refractivity contribution in [2.45, 2.75) is 171 Å². The molecule has 5 aliphatic heterocycles. The molecule has 714 valence electrons. The van der Waals surface area contributed by atoms with Crippen LogP contribution in [0.25, 0.3) is 0 Å². The molecule has 0 unspecified atom stereocenters. The van der Waals surface area contributed by atoms with Gasteiger partial charge in [-0.25, -0.2) is 44.7 Å². The number of nitrogens with zero attached hydrogens (tertiary/aromatic N) is 14. The fraction of sp³-hybridized carbons (Fsp3) is 0.308. The van der Waals surface area contributed by atoms with E-state index < -0.39 is 0 Å². The number of rotatable bonds is 26. The van der Waals surface area contributed by atoms with Crippen molar-refractivity contribution in [1.82, 2.24) is 44.9 Å². The lowest BCUT2D eigenvalue weighted by Gasteiger charge is -2.21. The number of fused-ring (bicyclic) bond motifs is 5. The number of benzene rings is 6. The molecule has 6 aromatic carbocycles. The molecule has 5 amide bonds. The van der Waals surface area contributed by atoms with E-state index in [1.807, 2.05) is 271 Å². The normalized spacial score (nSPS) is 14.3. The second-order valence-corrected chi connectivity index (χ2v) is 40.4. The van der Waals surface area contributed by atoms with Crippen molar-refractivity contribution in [3.05, 3.63) is 284 Å². The summed E-state index contributed by atoms with van der Waals surface area (Å²) in [6.07, 6.45) is 15.3. The number of aromatic nitrogens is 9. The Bertz CT molecular complexity index is 6290. The Morgan fingerprint density at radius 3 is 0.964 bits per heavy atom. The maximum atomic E-state index is 13.2. The van der Waals surface area contributed by atoms with Crippen LogP contribution >= 0.6 is 56.7 Å². The van der Waals surface area contributed by atoms with Gasteiger partial charge in [-0.15, -0.1) is 63.3 Å². The van der Waals surface area contributed by atoms with Gasteiger partial charge in [0.1, 0.15) is 33.8 Å². The molecule has 14 aromatic rings. The number of anilines is 9. The molecule has 0 bridgehead atoms. The fourth-order valence-corrected chi connectivity index (χ4v) is 19.8. The SMILES string of the molecule is C=CCN(C(=O)COc1cccc2c1OC(C)(C)C2)c1nc(C)cs1.Cc1ccc(N(C(=O)COc2cccc3c2OC(C)(C)C3)c2nc(C)cs2)cc1.Cc1csc(N(C(=O)COc2cccc3c2OC(C)(C)C3)c2ccccn2)n1.Cc1csc(N(C(=O)COc2cccc3c2OC(C)(C)C3)c2cccnc2)n1.Cc1csc(N(C(=O)COc2cccc3c2OC(C)(C)C3)c2cnccn2)n1. The van der Waals surface area contributed by atoms with E-state index in [9.17, 15) is 24.0 Å². The first-order valence-electron chi connectivity index (χ1n) is 44.7. The molecule has 8 aromatic heterocycles. The van der Waals surface area contributed by atoms with Gasteiger partial charge >= 0.3 is 0 Å². The molecular formula is C104H108N14O15S5. The molecule has 5 aliphatic rings. The van der Waals surface area contributed by atoms with Crippen LogP contribution in [0, 0.1) is 41.5 Å². The number of thiazole rings is 5. The molecule has 0 saturated carbocycles. The zero-order valence-corrected chi connectivity index (χ0v) is 83.8. The summed E-state index contributed by atoms with van der Waals surface area (Å²) < 4.78 is 59.4. The number of hydrogen-bond acceptors (Lipinski definition) is 29. The Morgan fingerprint density at radius 1 is 0.333 bits per heavy atom. The Balaban J connectivity index is 0.000000131. The molecule has 19 rings (SSSR count). The standard InChI is InChI=1S/C23H24N2O3S.2C21H21N3O3S.C20H20N4O3S.C19H22N2O3S/c1-15-8-10-18(11-9-15)25(22-24-16(2)14-29-22)20(26)13-27-19-7-5-6-17-12-23(3,4)28-21(17)19;1-14-13-28-20(23-14)24(16-7-5-9-22-11-16)18(25)12-26-17-8-4-6-15-10-21(2,3)27-19(15)17;1-14-13-28-20(23-14)24(17-9-4-5-10-22-17)18(25)12-26-16-8-6-7-15-11-21(2,3)27-19(15)16;1-13-12-28-19(23-13)24(16-10-21-7-8-22-16)17(25)11-26-15-6-4-5-14-9-20(2,3)27-18(14)15;1-5-9-21(18-20-13(2)12-25-18)16(22)11-23-15-8-6-7-14-10-19(3,4)24-17(14)15/h5-11,14H,12-13H2,1-4H3;4-9,11,13H,10,12H2,1-3H3;4-10,13H,11-12H2,1-3H3;4-8,10,12H,9,11H2,1-3H3;5-8,12H,1,9-11H2,2-4H3. The summed E-state index contributed by atoms with van der Waals surface area (Å²) in [4.78, 5) is 111. The van der Waals surface area contributed by atoms with Crippen LogP contribution in [0.2, 0.25) is 0 Å². The Labute approximate surface area is 822 Å². The Hall–Kier alpha value is -14.1. The van der Waals surface area contributed by atoms with E-state index in [1.165, 1.54) is 78.9 Å². The molecule has 0 N–H and O–H groups in total. The number of pyridine rings is 2. The summed E-state index contributed by atoms with van der Waals surface area (Å²) in [5, 5.41) is 12.5. The van der Waals surface area contributed by atoms with E-state index in [4.69, 9.17) is 47.4 Å². The van der Waals surface area contributed by atoms with Crippen LogP contribution in [0.3, 0.4) is 0 Å². The number of hydrogen-bond donors (Lipinski definition) is 0. The summed E-state index contributed by atoms with van der Waals surface area (Å²) in [5.41, 5.74) is 11.0. The van der Waals surface area contributed by atoms with Gasteiger partial charge in [-0.3, -0.25) is 48.6 Å². The van der Waals surface area contributed by atoms with Crippen molar-refractivity contribution in [1.29, 1.82) is 0 Å². The summed E-state index contributed by atoms with van der Waals surface area (Å²) >= 11 is 7.05. The third kappa shape index (κ3) is 24.7.